The van der Waals surface area contributed by atoms with Crippen LogP contribution in [0.2, 0.25) is 0 Å². The van der Waals surface area contributed by atoms with Crippen molar-refractivity contribution in [1.82, 2.24) is 4.90 Å². The van der Waals surface area contributed by atoms with E-state index in [2.05, 4.69) is 25.7 Å². The number of nitrogens with zero attached hydrogens (tertiary/aromatic N) is 1. The molecule has 1 aliphatic rings. The predicted octanol–water partition coefficient (Wildman–Crippen LogP) is 1.58. The number of carbonyl (C=O) groups is 1. The van der Waals surface area contributed by atoms with Crippen molar-refractivity contribution in [2.75, 3.05) is 13.1 Å². The van der Waals surface area contributed by atoms with Crippen LogP contribution in [0, 0.1) is 5.92 Å². The standard InChI is InChI=1S/C10H19NO2/c1-4-10(3,5-2)11-6-8(7-11)9(12)13/h8H,4-7H2,1-3H3,(H,12,13). The van der Waals surface area contributed by atoms with Crippen molar-refractivity contribution < 1.29 is 9.90 Å². The number of carboxylic acids is 1. The molecule has 0 amide bonds. The largest absolute Gasteiger partial charge is 0.481 e. The smallest absolute Gasteiger partial charge is 0.309 e. The van der Waals surface area contributed by atoms with Crippen molar-refractivity contribution in [3.05, 3.63) is 0 Å². The van der Waals surface area contributed by atoms with Crippen molar-refractivity contribution in [2.45, 2.75) is 39.2 Å². The first-order valence-electron chi connectivity index (χ1n) is 5.01. The van der Waals surface area contributed by atoms with Gasteiger partial charge in [0.15, 0.2) is 0 Å². The topological polar surface area (TPSA) is 40.5 Å². The molecule has 0 aromatic carbocycles. The zero-order chi connectivity index (χ0) is 10.1. The molecule has 1 heterocycles. The van der Waals surface area contributed by atoms with Gasteiger partial charge in [-0.15, -0.1) is 0 Å². The van der Waals surface area contributed by atoms with E-state index in [0.29, 0.717) is 0 Å². The third-order valence-electron chi connectivity index (χ3n) is 3.52. The second-order valence-electron chi connectivity index (χ2n) is 4.14. The Bertz CT molecular complexity index is 193. The summed E-state index contributed by atoms with van der Waals surface area (Å²) in [5.74, 6) is -0.775. The Morgan fingerprint density at radius 1 is 1.46 bits per heavy atom. The number of likely N-dealkylation sites (tertiary alicyclic amines) is 1. The second kappa shape index (κ2) is 3.66. The highest BCUT2D eigenvalue weighted by Gasteiger charge is 2.41. The number of hydrogen-bond acceptors (Lipinski definition) is 2. The first-order chi connectivity index (χ1) is 6.03. The van der Waals surface area contributed by atoms with E-state index in [1.54, 1.807) is 0 Å². The Balaban J connectivity index is 2.45. The molecule has 1 rings (SSSR count). The summed E-state index contributed by atoms with van der Waals surface area (Å²) in [6.07, 6.45) is 2.19. The third kappa shape index (κ3) is 1.85. The summed E-state index contributed by atoms with van der Waals surface area (Å²) < 4.78 is 0. The molecule has 0 spiro atoms. The zero-order valence-electron chi connectivity index (χ0n) is 8.71. The molecule has 1 fully saturated rings. The zero-order valence-corrected chi connectivity index (χ0v) is 8.71. The number of rotatable bonds is 4. The molecular weight excluding hydrogens is 166 g/mol. The van der Waals surface area contributed by atoms with Crippen LogP contribution in [0.1, 0.15) is 33.6 Å². The van der Waals surface area contributed by atoms with Gasteiger partial charge in [-0.1, -0.05) is 13.8 Å². The van der Waals surface area contributed by atoms with Crippen LogP contribution in [0.5, 0.6) is 0 Å². The monoisotopic (exact) mass is 185 g/mol. The van der Waals surface area contributed by atoms with Gasteiger partial charge in [0.05, 0.1) is 5.92 Å². The van der Waals surface area contributed by atoms with E-state index in [0.717, 1.165) is 25.9 Å². The molecule has 1 saturated heterocycles. The maximum atomic E-state index is 10.6. The van der Waals surface area contributed by atoms with Crippen molar-refractivity contribution in [3.63, 3.8) is 0 Å². The molecule has 3 heteroatoms. The summed E-state index contributed by atoms with van der Waals surface area (Å²) in [6.45, 7) is 8.00. The Kier molecular flexibility index (Phi) is 2.96. The van der Waals surface area contributed by atoms with Crippen molar-refractivity contribution in [2.24, 2.45) is 5.92 Å². The van der Waals surface area contributed by atoms with Gasteiger partial charge in [-0.25, -0.2) is 0 Å². The molecule has 0 aromatic rings. The van der Waals surface area contributed by atoms with Gasteiger partial charge in [0.2, 0.25) is 0 Å². The van der Waals surface area contributed by atoms with Crippen LogP contribution in [-0.4, -0.2) is 34.6 Å². The molecule has 1 N–H and O–H groups in total. The predicted molar refractivity (Wildman–Crippen MR) is 51.7 cm³/mol. The first kappa shape index (κ1) is 10.5. The minimum Gasteiger partial charge on any atom is -0.481 e. The lowest BCUT2D eigenvalue weighted by Crippen LogP contribution is -2.60. The highest BCUT2D eigenvalue weighted by molar-refractivity contribution is 5.71. The van der Waals surface area contributed by atoms with Crippen LogP contribution < -0.4 is 0 Å². The maximum absolute atomic E-state index is 10.6. The van der Waals surface area contributed by atoms with Crippen LogP contribution in [0.25, 0.3) is 0 Å². The minimum atomic E-state index is -0.647. The normalized spacial score (nSPS) is 19.9. The third-order valence-corrected chi connectivity index (χ3v) is 3.52. The summed E-state index contributed by atoms with van der Waals surface area (Å²) in [5, 5.41) is 8.74. The molecule has 0 aromatic heterocycles. The summed E-state index contributed by atoms with van der Waals surface area (Å²) >= 11 is 0. The summed E-state index contributed by atoms with van der Waals surface area (Å²) in [5.41, 5.74) is 0.214. The van der Waals surface area contributed by atoms with E-state index >= 15 is 0 Å². The van der Waals surface area contributed by atoms with E-state index in [4.69, 9.17) is 5.11 Å². The first-order valence-corrected chi connectivity index (χ1v) is 5.01. The molecule has 0 radical (unpaired) electrons. The number of aliphatic carboxylic acids is 1. The summed E-state index contributed by atoms with van der Waals surface area (Å²) in [7, 11) is 0. The Hall–Kier alpha value is -0.570. The Morgan fingerprint density at radius 3 is 2.23 bits per heavy atom. The SMILES string of the molecule is CCC(C)(CC)N1CC(C(=O)O)C1. The molecule has 0 aliphatic carbocycles. The Labute approximate surface area is 79.7 Å². The van der Waals surface area contributed by atoms with E-state index in [-0.39, 0.29) is 11.5 Å². The van der Waals surface area contributed by atoms with Crippen LogP contribution >= 0.6 is 0 Å². The second-order valence-corrected chi connectivity index (χ2v) is 4.14. The van der Waals surface area contributed by atoms with Gasteiger partial charge < -0.3 is 5.11 Å². The van der Waals surface area contributed by atoms with Gasteiger partial charge >= 0.3 is 5.97 Å². The fourth-order valence-corrected chi connectivity index (χ4v) is 1.77. The number of hydrogen-bond donors (Lipinski definition) is 1. The van der Waals surface area contributed by atoms with Crippen molar-refractivity contribution in [3.8, 4) is 0 Å². The fourth-order valence-electron chi connectivity index (χ4n) is 1.77. The summed E-state index contributed by atoms with van der Waals surface area (Å²) in [6, 6.07) is 0. The molecule has 76 valence electrons. The highest BCUT2D eigenvalue weighted by Crippen LogP contribution is 2.30. The van der Waals surface area contributed by atoms with E-state index < -0.39 is 5.97 Å². The molecule has 0 unspecified atom stereocenters. The van der Waals surface area contributed by atoms with Gasteiger partial charge in [-0.3, -0.25) is 9.69 Å². The van der Waals surface area contributed by atoms with Crippen LogP contribution in [0.15, 0.2) is 0 Å². The summed E-state index contributed by atoms with van der Waals surface area (Å²) in [4.78, 5) is 12.9. The van der Waals surface area contributed by atoms with Crippen molar-refractivity contribution in [1.29, 1.82) is 0 Å². The van der Waals surface area contributed by atoms with Gasteiger partial charge in [-0.2, -0.15) is 0 Å². The molecule has 0 atom stereocenters. The van der Waals surface area contributed by atoms with E-state index in [1.807, 2.05) is 0 Å². The lowest BCUT2D eigenvalue weighted by atomic mass is 9.86. The average Bonchev–Trinajstić information content (AvgIpc) is 2.00. The minimum absolute atomic E-state index is 0.127. The van der Waals surface area contributed by atoms with Gasteiger partial charge in [0.1, 0.15) is 0 Å². The highest BCUT2D eigenvalue weighted by atomic mass is 16.4. The van der Waals surface area contributed by atoms with Gasteiger partial charge in [0, 0.05) is 18.6 Å². The Morgan fingerprint density at radius 2 is 1.92 bits per heavy atom. The lowest BCUT2D eigenvalue weighted by Gasteiger charge is -2.49. The molecule has 1 aliphatic heterocycles. The maximum Gasteiger partial charge on any atom is 0.309 e. The van der Waals surface area contributed by atoms with Crippen LogP contribution in [0.3, 0.4) is 0 Å². The van der Waals surface area contributed by atoms with Crippen molar-refractivity contribution >= 4 is 5.97 Å². The van der Waals surface area contributed by atoms with Gasteiger partial charge in [0.25, 0.3) is 0 Å². The molecule has 0 saturated carbocycles. The molecular formula is C10H19NO2. The fraction of sp³-hybridized carbons (Fsp3) is 0.900. The quantitative estimate of drug-likeness (QED) is 0.723. The van der Waals surface area contributed by atoms with E-state index in [1.165, 1.54) is 0 Å². The van der Waals surface area contributed by atoms with Crippen LogP contribution in [-0.2, 0) is 4.79 Å². The molecule has 13 heavy (non-hydrogen) atoms. The number of carboxylic acid groups (broad SMARTS) is 1. The van der Waals surface area contributed by atoms with Crippen LogP contribution in [0.4, 0.5) is 0 Å². The van der Waals surface area contributed by atoms with E-state index in [9.17, 15) is 4.79 Å². The van der Waals surface area contributed by atoms with Gasteiger partial charge in [-0.05, 0) is 19.8 Å². The average molecular weight is 185 g/mol. The lowest BCUT2D eigenvalue weighted by molar-refractivity contribution is -0.151. The molecule has 0 bridgehead atoms. The molecule has 3 nitrogen and oxygen atoms in total.